The van der Waals surface area contributed by atoms with Crippen LogP contribution in [-0.4, -0.2) is 57.5 Å². The van der Waals surface area contributed by atoms with Crippen LogP contribution in [0, 0.1) is 0 Å². The van der Waals surface area contributed by atoms with Gasteiger partial charge < -0.3 is 29.6 Å². The number of fused-ring (bicyclic) bond motifs is 1. The molecule has 0 aliphatic carbocycles. The normalized spacial score (nSPS) is 15.1. The maximum Gasteiger partial charge on any atom is 0.268 e. The third-order valence-corrected chi connectivity index (χ3v) is 5.82. The minimum Gasteiger partial charge on any atom is -0.454 e. The second kappa shape index (κ2) is 8.82. The number of hydrogen-bond donors (Lipinski definition) is 4. The third-order valence-electron chi connectivity index (χ3n) is 4.38. The number of carbonyl (C=O) groups excluding carboxylic acids is 1. The van der Waals surface area contributed by atoms with E-state index in [-0.39, 0.29) is 30.5 Å². The van der Waals surface area contributed by atoms with E-state index in [1.807, 2.05) is 0 Å². The van der Waals surface area contributed by atoms with Gasteiger partial charge >= 0.3 is 0 Å². The minimum atomic E-state index is -3.76. The molecule has 3 rings (SSSR count). The molecule has 4 N–H and O–H groups in total. The number of amides is 1. The van der Waals surface area contributed by atoms with E-state index in [1.54, 1.807) is 25.1 Å². The number of methoxy groups -OCH3 is 1. The van der Waals surface area contributed by atoms with Crippen LogP contribution in [0.5, 0.6) is 11.5 Å². The largest absolute Gasteiger partial charge is 0.454 e. The van der Waals surface area contributed by atoms with Crippen molar-refractivity contribution in [1.29, 1.82) is 0 Å². The van der Waals surface area contributed by atoms with Crippen molar-refractivity contribution < 1.29 is 32.5 Å². The van der Waals surface area contributed by atoms with Crippen LogP contribution in [0.15, 0.2) is 35.4 Å². The van der Waals surface area contributed by atoms with Gasteiger partial charge in [0.05, 0.1) is 18.8 Å². The monoisotopic (exact) mass is 425 g/mol. The lowest BCUT2D eigenvalue weighted by atomic mass is 10.0. The van der Waals surface area contributed by atoms with Gasteiger partial charge in [-0.3, -0.25) is 4.79 Å². The van der Waals surface area contributed by atoms with Crippen molar-refractivity contribution in [3.8, 4) is 11.5 Å². The number of nitrogens with one attached hydrogen (secondary N) is 3. The second-order valence-corrected chi connectivity index (χ2v) is 8.23. The Bertz CT molecular complexity index is 974. The van der Waals surface area contributed by atoms with Crippen LogP contribution < -0.4 is 19.5 Å². The van der Waals surface area contributed by atoms with Gasteiger partial charge in [0.2, 0.25) is 16.8 Å². The van der Waals surface area contributed by atoms with Crippen LogP contribution in [0.25, 0.3) is 0 Å². The number of aliphatic hydroxyl groups excluding tert-OH is 1. The highest BCUT2D eigenvalue weighted by Gasteiger charge is 2.24. The van der Waals surface area contributed by atoms with Crippen LogP contribution in [-0.2, 0) is 14.8 Å². The Morgan fingerprint density at radius 3 is 2.83 bits per heavy atom. The molecule has 1 aromatic carbocycles. The summed E-state index contributed by atoms with van der Waals surface area (Å²) in [7, 11) is -2.29. The summed E-state index contributed by atoms with van der Waals surface area (Å²) in [5, 5.41) is 13.2. The summed E-state index contributed by atoms with van der Waals surface area (Å²) < 4.78 is 42.0. The fourth-order valence-corrected chi connectivity index (χ4v) is 3.78. The lowest BCUT2D eigenvalue weighted by molar-refractivity contribution is 0.0847. The summed E-state index contributed by atoms with van der Waals surface area (Å²) in [6.07, 6.45) is 0.227. The molecule has 0 saturated heterocycles. The lowest BCUT2D eigenvalue weighted by Crippen LogP contribution is -2.37. The fourth-order valence-electron chi connectivity index (χ4n) is 2.77. The van der Waals surface area contributed by atoms with Crippen molar-refractivity contribution >= 4 is 15.9 Å². The molecule has 2 atom stereocenters. The number of hydrogen-bond acceptors (Lipinski definition) is 7. The molecular weight excluding hydrogens is 402 g/mol. The Kier molecular flexibility index (Phi) is 6.42. The summed E-state index contributed by atoms with van der Waals surface area (Å²) in [6, 6.07) is 5.61. The lowest BCUT2D eigenvalue weighted by Gasteiger charge is -2.20. The van der Waals surface area contributed by atoms with E-state index in [0.717, 1.165) is 0 Å². The zero-order valence-electron chi connectivity index (χ0n) is 16.0. The number of benzene rings is 1. The summed E-state index contributed by atoms with van der Waals surface area (Å²) in [6.45, 7) is 2.11. The standard InChI is InChI=1S/C18H23N3O7S/c1-11(17(22)12-3-4-15-16(7-12)28-10-27-15)21-18(23)14-8-13(9-19-14)29(24,25)20-5-6-26-2/h3-4,7-9,11,17,19-20,22H,5-6,10H2,1-2H3,(H,21,23)/t11-,17-/m0/s1. The van der Waals surface area contributed by atoms with Crippen molar-refractivity contribution in [2.75, 3.05) is 27.1 Å². The first-order valence-electron chi connectivity index (χ1n) is 8.87. The molecule has 1 amide bonds. The highest BCUT2D eigenvalue weighted by molar-refractivity contribution is 7.89. The molecule has 29 heavy (non-hydrogen) atoms. The van der Waals surface area contributed by atoms with Gasteiger partial charge in [-0.05, 0) is 30.7 Å². The number of ether oxygens (including phenoxy) is 3. The molecule has 0 radical (unpaired) electrons. The molecule has 2 heterocycles. The predicted octanol–water partition coefficient (Wildman–Crippen LogP) is 0.520. The summed E-state index contributed by atoms with van der Waals surface area (Å²) >= 11 is 0. The van der Waals surface area contributed by atoms with Gasteiger partial charge in [0.15, 0.2) is 11.5 Å². The number of aliphatic hydroxyl groups is 1. The molecule has 1 aliphatic rings. The number of sulfonamides is 1. The Labute approximate surface area is 168 Å². The molecule has 10 nitrogen and oxygen atoms in total. The van der Waals surface area contributed by atoms with Crippen LogP contribution >= 0.6 is 0 Å². The van der Waals surface area contributed by atoms with Crippen LogP contribution in [0.4, 0.5) is 0 Å². The number of aromatic amines is 1. The van der Waals surface area contributed by atoms with Crippen LogP contribution in [0.2, 0.25) is 0 Å². The maximum absolute atomic E-state index is 12.4. The summed E-state index contributed by atoms with van der Waals surface area (Å²) in [5.74, 6) is 0.577. The molecule has 0 bridgehead atoms. The van der Waals surface area contributed by atoms with E-state index in [2.05, 4.69) is 15.0 Å². The average molecular weight is 425 g/mol. The molecule has 0 unspecified atom stereocenters. The zero-order chi connectivity index (χ0) is 21.0. The predicted molar refractivity (Wildman–Crippen MR) is 102 cm³/mol. The summed E-state index contributed by atoms with van der Waals surface area (Å²) in [5.41, 5.74) is 0.612. The molecule has 0 fully saturated rings. The molecule has 1 aliphatic heterocycles. The van der Waals surface area contributed by atoms with E-state index < -0.39 is 28.1 Å². The topological polar surface area (TPSA) is 139 Å². The van der Waals surface area contributed by atoms with Crippen molar-refractivity contribution in [2.24, 2.45) is 0 Å². The Balaban J connectivity index is 1.63. The molecule has 158 valence electrons. The number of rotatable bonds is 9. The second-order valence-electron chi connectivity index (χ2n) is 6.46. The average Bonchev–Trinajstić information content (AvgIpc) is 3.36. The molecular formula is C18H23N3O7S. The van der Waals surface area contributed by atoms with Gasteiger partial charge in [-0.2, -0.15) is 0 Å². The van der Waals surface area contributed by atoms with Gasteiger partial charge in [0, 0.05) is 19.9 Å². The van der Waals surface area contributed by atoms with E-state index in [9.17, 15) is 18.3 Å². The number of carbonyl (C=O) groups is 1. The SMILES string of the molecule is COCCNS(=O)(=O)c1c[nH]c(C(=O)N[C@@H](C)[C@H](O)c2ccc3c(c2)OCO3)c1. The Morgan fingerprint density at radius 2 is 2.07 bits per heavy atom. The first-order valence-corrected chi connectivity index (χ1v) is 10.4. The molecule has 0 spiro atoms. The van der Waals surface area contributed by atoms with Crippen molar-refractivity contribution in [3.63, 3.8) is 0 Å². The third kappa shape index (κ3) is 4.88. The first-order chi connectivity index (χ1) is 13.8. The van der Waals surface area contributed by atoms with Crippen LogP contribution in [0.3, 0.4) is 0 Å². The first kappa shape index (κ1) is 21.1. The van der Waals surface area contributed by atoms with Crippen molar-refractivity contribution in [3.05, 3.63) is 41.7 Å². The smallest absolute Gasteiger partial charge is 0.268 e. The zero-order valence-corrected chi connectivity index (χ0v) is 16.8. The van der Waals surface area contributed by atoms with Crippen molar-refractivity contribution in [2.45, 2.75) is 24.0 Å². The highest BCUT2D eigenvalue weighted by Crippen LogP contribution is 2.34. The van der Waals surface area contributed by atoms with E-state index in [1.165, 1.54) is 19.4 Å². The molecule has 1 aromatic heterocycles. The Morgan fingerprint density at radius 1 is 1.31 bits per heavy atom. The highest BCUT2D eigenvalue weighted by atomic mass is 32.2. The minimum absolute atomic E-state index is 0.0573. The van der Waals surface area contributed by atoms with E-state index >= 15 is 0 Å². The maximum atomic E-state index is 12.4. The molecule has 2 aromatic rings. The van der Waals surface area contributed by atoms with Gasteiger partial charge in [-0.15, -0.1) is 0 Å². The van der Waals surface area contributed by atoms with E-state index in [4.69, 9.17) is 14.2 Å². The van der Waals surface area contributed by atoms with Crippen molar-refractivity contribution in [1.82, 2.24) is 15.0 Å². The van der Waals surface area contributed by atoms with Crippen LogP contribution in [0.1, 0.15) is 29.1 Å². The van der Waals surface area contributed by atoms with Gasteiger partial charge in [0.25, 0.3) is 5.91 Å². The fraction of sp³-hybridized carbons (Fsp3) is 0.389. The summed E-state index contributed by atoms with van der Waals surface area (Å²) in [4.78, 5) is 15.0. The molecule has 0 saturated carbocycles. The number of aromatic nitrogens is 1. The van der Waals surface area contributed by atoms with E-state index in [0.29, 0.717) is 17.1 Å². The van der Waals surface area contributed by atoms with Gasteiger partial charge in [-0.25, -0.2) is 13.1 Å². The Hall–Kier alpha value is -2.60. The quantitative estimate of drug-likeness (QED) is 0.430. The van der Waals surface area contributed by atoms with Gasteiger partial charge in [0.1, 0.15) is 10.6 Å². The van der Waals surface area contributed by atoms with Gasteiger partial charge in [-0.1, -0.05) is 6.07 Å². The number of H-pyrrole nitrogens is 1. The molecule has 11 heteroatoms.